The minimum atomic E-state index is -0.474. The highest BCUT2D eigenvalue weighted by Crippen LogP contribution is 2.29. The fraction of sp³-hybridized carbons (Fsp3) is 0.292. The van der Waals surface area contributed by atoms with E-state index in [1.54, 1.807) is 36.0 Å². The molecule has 162 valence electrons. The van der Waals surface area contributed by atoms with Crippen LogP contribution in [-0.4, -0.2) is 17.0 Å². The van der Waals surface area contributed by atoms with Gasteiger partial charge in [-0.3, -0.25) is 9.59 Å². The van der Waals surface area contributed by atoms with Crippen LogP contribution in [0.5, 0.6) is 0 Å². The normalized spacial score (nSPS) is 11.3. The molecule has 7 heteroatoms. The van der Waals surface area contributed by atoms with E-state index < -0.39 is 5.41 Å². The van der Waals surface area contributed by atoms with Crippen molar-refractivity contribution in [3.63, 3.8) is 0 Å². The van der Waals surface area contributed by atoms with Crippen LogP contribution in [0.25, 0.3) is 0 Å². The molecule has 2 aromatic carbocycles. The lowest BCUT2D eigenvalue weighted by atomic mass is 9.95. The topological polar surface area (TPSA) is 84.2 Å². The molecule has 0 spiro atoms. The maximum atomic E-state index is 12.9. The maximum absolute atomic E-state index is 12.9. The number of carbonyl (C=O) groups excluding carboxylic acids is 2. The van der Waals surface area contributed by atoms with Gasteiger partial charge >= 0.3 is 0 Å². The lowest BCUT2D eigenvalue weighted by molar-refractivity contribution is -0.123. The zero-order chi connectivity index (χ0) is 22.6. The highest BCUT2D eigenvalue weighted by molar-refractivity contribution is 7.98. The Bertz CT molecular complexity index is 1060. The zero-order valence-electron chi connectivity index (χ0n) is 18.4. The van der Waals surface area contributed by atoms with Crippen molar-refractivity contribution in [1.29, 1.82) is 0 Å². The number of hydrogen-bond donors (Lipinski definition) is 2. The fourth-order valence-electron chi connectivity index (χ4n) is 2.79. The zero-order valence-corrected chi connectivity index (χ0v) is 19.2. The van der Waals surface area contributed by atoms with Gasteiger partial charge in [-0.2, -0.15) is 0 Å². The van der Waals surface area contributed by atoms with E-state index in [0.29, 0.717) is 22.7 Å². The van der Waals surface area contributed by atoms with Gasteiger partial charge in [-0.15, -0.1) is 11.8 Å². The summed E-state index contributed by atoms with van der Waals surface area (Å²) in [5.74, 6) is 1.22. The van der Waals surface area contributed by atoms with Gasteiger partial charge in [0.05, 0.1) is 11.3 Å². The van der Waals surface area contributed by atoms with E-state index in [1.807, 2.05) is 58.9 Å². The molecule has 0 fully saturated rings. The Labute approximate surface area is 186 Å². The number of thioether (sulfide) groups is 1. The predicted molar refractivity (Wildman–Crippen MR) is 124 cm³/mol. The van der Waals surface area contributed by atoms with Crippen LogP contribution in [-0.2, 0) is 10.5 Å². The Morgan fingerprint density at radius 1 is 0.968 bits per heavy atom. The smallest absolute Gasteiger partial charge is 0.256 e. The molecule has 0 radical (unpaired) electrons. The molecule has 1 heterocycles. The molecule has 2 amide bonds. The van der Waals surface area contributed by atoms with Crippen LogP contribution in [0, 0.1) is 19.3 Å². The first-order valence-electron chi connectivity index (χ1n) is 10.0. The lowest BCUT2D eigenvalue weighted by Crippen LogP contribution is -2.27. The van der Waals surface area contributed by atoms with Crippen molar-refractivity contribution >= 4 is 35.0 Å². The van der Waals surface area contributed by atoms with Crippen molar-refractivity contribution in [2.45, 2.75) is 45.3 Å². The van der Waals surface area contributed by atoms with Gasteiger partial charge in [-0.05, 0) is 50.2 Å². The number of rotatable bonds is 6. The second kappa shape index (κ2) is 9.39. The van der Waals surface area contributed by atoms with E-state index in [4.69, 9.17) is 4.52 Å². The van der Waals surface area contributed by atoms with Crippen LogP contribution >= 0.6 is 11.8 Å². The van der Waals surface area contributed by atoms with Crippen LogP contribution in [0.15, 0.2) is 57.9 Å². The van der Waals surface area contributed by atoms with E-state index in [9.17, 15) is 9.59 Å². The minimum absolute atomic E-state index is 0.0615. The number of nitrogens with zero attached hydrogens (tertiary/aromatic N) is 1. The molecule has 0 saturated heterocycles. The summed E-state index contributed by atoms with van der Waals surface area (Å²) in [6.07, 6.45) is 0. The van der Waals surface area contributed by atoms with Gasteiger partial charge < -0.3 is 15.2 Å². The molecule has 0 atom stereocenters. The quantitative estimate of drug-likeness (QED) is 0.475. The Hall–Kier alpha value is -3.06. The second-order valence-electron chi connectivity index (χ2n) is 8.32. The van der Waals surface area contributed by atoms with Crippen LogP contribution in [0.1, 0.15) is 48.1 Å². The first-order valence-corrected chi connectivity index (χ1v) is 11.0. The summed E-state index contributed by atoms with van der Waals surface area (Å²) in [5.41, 5.74) is 3.39. The summed E-state index contributed by atoms with van der Waals surface area (Å²) in [6, 6.07) is 14.6. The van der Waals surface area contributed by atoms with Crippen molar-refractivity contribution in [2.24, 2.45) is 5.41 Å². The van der Waals surface area contributed by atoms with Crippen LogP contribution in [0.4, 0.5) is 11.4 Å². The second-order valence-corrected chi connectivity index (χ2v) is 9.34. The summed E-state index contributed by atoms with van der Waals surface area (Å²) in [4.78, 5) is 25.9. The maximum Gasteiger partial charge on any atom is 0.256 e. The lowest BCUT2D eigenvalue weighted by Gasteiger charge is -2.17. The van der Waals surface area contributed by atoms with Gasteiger partial charge in [-0.25, -0.2) is 0 Å². The summed E-state index contributed by atoms with van der Waals surface area (Å²) in [7, 11) is 0. The van der Waals surface area contributed by atoms with E-state index in [-0.39, 0.29) is 11.8 Å². The van der Waals surface area contributed by atoms with Crippen LogP contribution in [0.2, 0.25) is 0 Å². The molecule has 6 nitrogen and oxygen atoms in total. The van der Waals surface area contributed by atoms with Crippen LogP contribution in [0.3, 0.4) is 0 Å². The molecule has 0 bridgehead atoms. The number of aryl methyl sites for hydroxylation is 2. The number of nitrogens with one attached hydrogen (secondary N) is 2. The van der Waals surface area contributed by atoms with Crippen molar-refractivity contribution in [2.75, 3.05) is 10.6 Å². The molecule has 0 aliphatic carbocycles. The summed E-state index contributed by atoms with van der Waals surface area (Å²) < 4.78 is 5.22. The van der Waals surface area contributed by atoms with Gasteiger partial charge in [0.25, 0.3) is 5.91 Å². The third-order valence-corrected chi connectivity index (χ3v) is 5.87. The van der Waals surface area contributed by atoms with Crippen molar-refractivity contribution < 1.29 is 14.1 Å². The molecular weight excluding hydrogens is 410 g/mol. The van der Waals surface area contributed by atoms with Gasteiger partial charge in [0.15, 0.2) is 0 Å². The summed E-state index contributed by atoms with van der Waals surface area (Å²) in [6.45, 7) is 9.38. The number of aromatic nitrogens is 1. The van der Waals surface area contributed by atoms with E-state index in [0.717, 1.165) is 21.9 Å². The SMILES string of the molecule is Cc1noc(C)c1CSc1ccccc1C(=O)Nc1ccc(NC(=O)C(C)(C)C)cc1. The minimum Gasteiger partial charge on any atom is -0.361 e. The molecule has 0 unspecified atom stereocenters. The first kappa shape index (κ1) is 22.6. The highest BCUT2D eigenvalue weighted by atomic mass is 32.2. The average Bonchev–Trinajstić information content (AvgIpc) is 3.04. The number of carbonyl (C=O) groups is 2. The average molecular weight is 438 g/mol. The third kappa shape index (κ3) is 5.76. The highest BCUT2D eigenvalue weighted by Gasteiger charge is 2.21. The largest absolute Gasteiger partial charge is 0.361 e. The molecule has 0 aliphatic rings. The summed E-state index contributed by atoms with van der Waals surface area (Å²) >= 11 is 1.58. The molecule has 3 aromatic rings. The molecule has 0 saturated carbocycles. The van der Waals surface area contributed by atoms with Crippen LogP contribution < -0.4 is 10.6 Å². The fourth-order valence-corrected chi connectivity index (χ4v) is 3.99. The molecule has 0 aliphatic heterocycles. The summed E-state index contributed by atoms with van der Waals surface area (Å²) in [5, 5.41) is 9.79. The Balaban J connectivity index is 1.67. The Kier molecular flexibility index (Phi) is 6.85. The number of anilines is 2. The van der Waals surface area contributed by atoms with Gasteiger partial charge in [-0.1, -0.05) is 38.1 Å². The van der Waals surface area contributed by atoms with Gasteiger partial charge in [0.2, 0.25) is 5.91 Å². The Morgan fingerprint density at radius 3 is 2.16 bits per heavy atom. The molecular formula is C24H27N3O3S. The van der Waals surface area contributed by atoms with E-state index in [2.05, 4.69) is 15.8 Å². The first-order chi connectivity index (χ1) is 14.6. The standard InChI is InChI=1S/C24H27N3O3S/c1-15-20(16(2)30-27-15)14-31-21-9-7-6-8-19(21)22(28)25-17-10-12-18(13-11-17)26-23(29)24(3,4)5/h6-13H,14H2,1-5H3,(H,25,28)(H,26,29). The van der Waals surface area contributed by atoms with Crippen molar-refractivity contribution in [3.05, 3.63) is 71.1 Å². The van der Waals surface area contributed by atoms with E-state index in [1.165, 1.54) is 0 Å². The van der Waals surface area contributed by atoms with Crippen molar-refractivity contribution in [3.8, 4) is 0 Å². The monoisotopic (exact) mass is 437 g/mol. The van der Waals surface area contributed by atoms with E-state index >= 15 is 0 Å². The molecule has 1 aromatic heterocycles. The number of amides is 2. The van der Waals surface area contributed by atoms with Gasteiger partial charge in [0.1, 0.15) is 5.76 Å². The van der Waals surface area contributed by atoms with Gasteiger partial charge in [0, 0.05) is 33.0 Å². The molecule has 2 N–H and O–H groups in total. The number of hydrogen-bond acceptors (Lipinski definition) is 5. The molecule has 3 rings (SSSR count). The molecule has 31 heavy (non-hydrogen) atoms. The number of benzene rings is 2. The predicted octanol–water partition coefficient (Wildman–Crippen LogP) is 5.82. The Morgan fingerprint density at radius 2 is 1.58 bits per heavy atom. The van der Waals surface area contributed by atoms with Crippen molar-refractivity contribution in [1.82, 2.24) is 5.16 Å². The third-order valence-electron chi connectivity index (χ3n) is 4.77.